The topological polar surface area (TPSA) is 48.3 Å². The van der Waals surface area contributed by atoms with Gasteiger partial charge in [0.25, 0.3) is 0 Å². The van der Waals surface area contributed by atoms with Crippen molar-refractivity contribution in [2.24, 2.45) is 0 Å². The SMILES string of the molecule is CCC(CC)n1ccc(COCC2CNCC(C)O2)n1. The van der Waals surface area contributed by atoms with E-state index >= 15 is 0 Å². The zero-order valence-corrected chi connectivity index (χ0v) is 12.8. The third kappa shape index (κ3) is 4.30. The van der Waals surface area contributed by atoms with E-state index in [1.807, 2.05) is 6.07 Å². The maximum absolute atomic E-state index is 5.79. The molecule has 1 aliphatic heterocycles. The Hall–Kier alpha value is -0.910. The minimum absolute atomic E-state index is 0.153. The van der Waals surface area contributed by atoms with Crippen LogP contribution < -0.4 is 5.32 Å². The van der Waals surface area contributed by atoms with Gasteiger partial charge in [-0.05, 0) is 25.8 Å². The van der Waals surface area contributed by atoms with E-state index in [1.165, 1.54) is 0 Å². The molecule has 0 radical (unpaired) electrons. The van der Waals surface area contributed by atoms with Crippen molar-refractivity contribution in [1.29, 1.82) is 0 Å². The molecule has 5 heteroatoms. The summed E-state index contributed by atoms with van der Waals surface area (Å²) in [7, 11) is 0. The zero-order chi connectivity index (χ0) is 14.4. The molecule has 1 aromatic heterocycles. The molecule has 20 heavy (non-hydrogen) atoms. The number of morpholine rings is 1. The highest BCUT2D eigenvalue weighted by Gasteiger charge is 2.18. The molecule has 2 atom stereocenters. The Morgan fingerprint density at radius 1 is 1.45 bits per heavy atom. The number of nitrogens with zero attached hydrogens (tertiary/aromatic N) is 2. The average molecular weight is 281 g/mol. The largest absolute Gasteiger partial charge is 0.372 e. The summed E-state index contributed by atoms with van der Waals surface area (Å²) in [5.41, 5.74) is 0.994. The maximum Gasteiger partial charge on any atom is 0.0936 e. The Bertz CT molecular complexity index is 390. The molecule has 0 aromatic carbocycles. The fraction of sp³-hybridized carbons (Fsp3) is 0.800. The Balaban J connectivity index is 1.74. The van der Waals surface area contributed by atoms with Crippen LogP contribution in [0.5, 0.6) is 0 Å². The fourth-order valence-electron chi connectivity index (χ4n) is 2.59. The zero-order valence-electron chi connectivity index (χ0n) is 12.8. The first-order chi connectivity index (χ1) is 9.72. The quantitative estimate of drug-likeness (QED) is 0.832. The van der Waals surface area contributed by atoms with E-state index in [-0.39, 0.29) is 12.2 Å². The molecule has 5 nitrogen and oxygen atoms in total. The van der Waals surface area contributed by atoms with Gasteiger partial charge in [-0.25, -0.2) is 0 Å². The lowest BCUT2D eigenvalue weighted by molar-refractivity contribution is -0.0720. The highest BCUT2D eigenvalue weighted by atomic mass is 16.5. The summed E-state index contributed by atoms with van der Waals surface area (Å²) in [6.07, 6.45) is 4.69. The van der Waals surface area contributed by atoms with Crippen LogP contribution in [0.3, 0.4) is 0 Å². The summed E-state index contributed by atoms with van der Waals surface area (Å²) in [5.74, 6) is 0. The minimum Gasteiger partial charge on any atom is -0.372 e. The lowest BCUT2D eigenvalue weighted by Crippen LogP contribution is -2.45. The molecule has 0 bridgehead atoms. The van der Waals surface area contributed by atoms with Gasteiger partial charge in [0, 0.05) is 19.3 Å². The predicted molar refractivity (Wildman–Crippen MR) is 78.7 cm³/mol. The predicted octanol–water partition coefficient (Wildman–Crippen LogP) is 2.14. The molecule has 1 fully saturated rings. The molecular formula is C15H27N3O2. The molecule has 2 unspecified atom stereocenters. The van der Waals surface area contributed by atoms with Gasteiger partial charge in [-0.2, -0.15) is 5.10 Å². The van der Waals surface area contributed by atoms with Crippen molar-refractivity contribution in [2.45, 2.75) is 58.5 Å². The first-order valence-electron chi connectivity index (χ1n) is 7.70. The van der Waals surface area contributed by atoms with Gasteiger partial charge in [0.2, 0.25) is 0 Å². The van der Waals surface area contributed by atoms with Gasteiger partial charge < -0.3 is 14.8 Å². The molecule has 2 heterocycles. The van der Waals surface area contributed by atoms with Crippen LogP contribution in [0.1, 0.15) is 45.3 Å². The Labute approximate surface area is 121 Å². The van der Waals surface area contributed by atoms with Crippen molar-refractivity contribution >= 4 is 0 Å². The van der Waals surface area contributed by atoms with E-state index in [9.17, 15) is 0 Å². The molecule has 1 aliphatic rings. The maximum atomic E-state index is 5.79. The Morgan fingerprint density at radius 2 is 2.25 bits per heavy atom. The lowest BCUT2D eigenvalue weighted by Gasteiger charge is -2.28. The Kier molecular flexibility index (Phi) is 6.01. The van der Waals surface area contributed by atoms with E-state index in [2.05, 4.69) is 42.1 Å². The second-order valence-electron chi connectivity index (χ2n) is 5.50. The van der Waals surface area contributed by atoms with Gasteiger partial charge in [-0.3, -0.25) is 4.68 Å². The second kappa shape index (κ2) is 7.76. The van der Waals surface area contributed by atoms with Crippen LogP contribution in [0, 0.1) is 0 Å². The number of hydrogen-bond acceptors (Lipinski definition) is 4. The number of ether oxygens (including phenoxy) is 2. The third-order valence-electron chi connectivity index (χ3n) is 3.76. The highest BCUT2D eigenvalue weighted by molar-refractivity contribution is 4.98. The van der Waals surface area contributed by atoms with Gasteiger partial charge in [0.15, 0.2) is 0 Å². The van der Waals surface area contributed by atoms with Crippen molar-refractivity contribution in [3.8, 4) is 0 Å². The number of nitrogens with one attached hydrogen (secondary N) is 1. The van der Waals surface area contributed by atoms with Crippen LogP contribution in [-0.2, 0) is 16.1 Å². The molecule has 2 rings (SSSR count). The number of rotatable bonds is 7. The molecule has 1 saturated heterocycles. The van der Waals surface area contributed by atoms with E-state index in [1.54, 1.807) is 0 Å². The monoisotopic (exact) mass is 281 g/mol. The van der Waals surface area contributed by atoms with Crippen molar-refractivity contribution in [2.75, 3.05) is 19.7 Å². The lowest BCUT2D eigenvalue weighted by atomic mass is 10.2. The molecular weight excluding hydrogens is 254 g/mol. The Morgan fingerprint density at radius 3 is 2.95 bits per heavy atom. The summed E-state index contributed by atoms with van der Waals surface area (Å²) >= 11 is 0. The van der Waals surface area contributed by atoms with E-state index in [0.29, 0.717) is 19.3 Å². The normalized spacial score (nSPS) is 23.4. The fourth-order valence-corrected chi connectivity index (χ4v) is 2.59. The van der Waals surface area contributed by atoms with Crippen LogP contribution in [0.15, 0.2) is 12.3 Å². The van der Waals surface area contributed by atoms with E-state index < -0.39 is 0 Å². The molecule has 0 spiro atoms. The molecule has 0 aliphatic carbocycles. The van der Waals surface area contributed by atoms with Gasteiger partial charge in [0.1, 0.15) is 0 Å². The molecule has 1 aromatic rings. The average Bonchev–Trinajstić information content (AvgIpc) is 2.89. The third-order valence-corrected chi connectivity index (χ3v) is 3.76. The summed E-state index contributed by atoms with van der Waals surface area (Å²) in [6, 6.07) is 2.54. The number of aromatic nitrogens is 2. The molecule has 1 N–H and O–H groups in total. The second-order valence-corrected chi connectivity index (χ2v) is 5.50. The van der Waals surface area contributed by atoms with E-state index in [4.69, 9.17) is 9.47 Å². The minimum atomic E-state index is 0.153. The van der Waals surface area contributed by atoms with E-state index in [0.717, 1.165) is 31.6 Å². The highest BCUT2D eigenvalue weighted by Crippen LogP contribution is 2.14. The van der Waals surface area contributed by atoms with Gasteiger partial charge >= 0.3 is 0 Å². The van der Waals surface area contributed by atoms with Crippen LogP contribution in [0.4, 0.5) is 0 Å². The van der Waals surface area contributed by atoms with Crippen molar-refractivity contribution in [1.82, 2.24) is 15.1 Å². The van der Waals surface area contributed by atoms with Crippen LogP contribution in [-0.4, -0.2) is 41.7 Å². The summed E-state index contributed by atoms with van der Waals surface area (Å²) in [6.45, 7) is 9.44. The van der Waals surface area contributed by atoms with Gasteiger partial charge in [-0.1, -0.05) is 13.8 Å². The summed E-state index contributed by atoms with van der Waals surface area (Å²) in [5, 5.41) is 7.93. The van der Waals surface area contributed by atoms with Crippen LogP contribution in [0.2, 0.25) is 0 Å². The van der Waals surface area contributed by atoms with Crippen molar-refractivity contribution in [3.63, 3.8) is 0 Å². The van der Waals surface area contributed by atoms with Gasteiger partial charge in [0.05, 0.1) is 37.2 Å². The number of hydrogen-bond donors (Lipinski definition) is 1. The van der Waals surface area contributed by atoms with Crippen LogP contribution in [0.25, 0.3) is 0 Å². The van der Waals surface area contributed by atoms with Crippen molar-refractivity contribution in [3.05, 3.63) is 18.0 Å². The smallest absolute Gasteiger partial charge is 0.0936 e. The molecule has 0 amide bonds. The summed E-state index contributed by atoms with van der Waals surface area (Å²) in [4.78, 5) is 0. The van der Waals surface area contributed by atoms with Crippen molar-refractivity contribution < 1.29 is 9.47 Å². The molecule has 0 saturated carbocycles. The summed E-state index contributed by atoms with van der Waals surface area (Å²) < 4.78 is 13.6. The van der Waals surface area contributed by atoms with Crippen LogP contribution >= 0.6 is 0 Å². The first-order valence-corrected chi connectivity index (χ1v) is 7.70. The van der Waals surface area contributed by atoms with Gasteiger partial charge in [-0.15, -0.1) is 0 Å². The standard InChI is InChI=1S/C15H27N3O2/c1-4-14(5-2)18-7-6-13(17-18)10-19-11-15-9-16-8-12(3)20-15/h6-7,12,14-16H,4-5,8-11H2,1-3H3. The first kappa shape index (κ1) is 15.5. The molecule has 114 valence electrons.